The Bertz CT molecular complexity index is 766. The smallest absolute Gasteiger partial charge is 0.548 e. The maximum Gasteiger partial charge on any atom is 1.00 e. The van der Waals surface area contributed by atoms with E-state index >= 15 is 0 Å². The molecular formula is C18H19KN2O4S. The van der Waals surface area contributed by atoms with Crippen LogP contribution in [-0.2, 0) is 9.59 Å². The summed E-state index contributed by atoms with van der Waals surface area (Å²) in [6, 6.07) is 7.38. The minimum Gasteiger partial charge on any atom is -0.548 e. The molecule has 6 nitrogen and oxygen atoms in total. The molecule has 0 spiro atoms. The molecule has 2 aliphatic heterocycles. The van der Waals surface area contributed by atoms with Crippen molar-refractivity contribution in [2.45, 2.75) is 43.0 Å². The molecule has 2 saturated heterocycles. The summed E-state index contributed by atoms with van der Waals surface area (Å²) >= 11 is 1.43. The molecule has 2 aliphatic rings. The Hall–Kier alpha value is -0.644. The van der Waals surface area contributed by atoms with Gasteiger partial charge in [-0.3, -0.25) is 9.59 Å². The zero-order valence-electron chi connectivity index (χ0n) is 15.2. The molecule has 1 amide bonds. The molecule has 26 heavy (non-hydrogen) atoms. The second-order valence-corrected chi connectivity index (χ2v) is 8.53. The molecule has 3 rings (SSSR count). The molecule has 2 heterocycles. The number of hydrogen-bond acceptors (Lipinski definition) is 6. The van der Waals surface area contributed by atoms with Gasteiger partial charge < -0.3 is 20.1 Å². The number of carboxylic acid groups (broad SMARTS) is 1. The Balaban J connectivity index is 0.00000243. The first-order valence-corrected chi connectivity index (χ1v) is 8.85. The van der Waals surface area contributed by atoms with Crippen molar-refractivity contribution in [2.75, 3.05) is 0 Å². The number of amides is 1. The van der Waals surface area contributed by atoms with Crippen LogP contribution in [0.4, 0.5) is 0 Å². The third kappa shape index (κ3) is 3.95. The van der Waals surface area contributed by atoms with Crippen molar-refractivity contribution in [3.05, 3.63) is 47.7 Å². The fraction of sp³-hybridized carbons (Fsp3) is 0.389. The van der Waals surface area contributed by atoms with Gasteiger partial charge in [0.2, 0.25) is 5.91 Å². The molecule has 132 valence electrons. The van der Waals surface area contributed by atoms with Gasteiger partial charge in [0.15, 0.2) is 5.78 Å². The number of hydrogen-bond donors (Lipinski definition) is 1. The van der Waals surface area contributed by atoms with E-state index in [0.717, 1.165) is 0 Å². The first-order chi connectivity index (χ1) is 11.7. The molecule has 3 atom stereocenters. The van der Waals surface area contributed by atoms with Gasteiger partial charge in [-0.15, -0.1) is 11.8 Å². The van der Waals surface area contributed by atoms with E-state index < -0.39 is 22.8 Å². The normalized spacial score (nSPS) is 26.4. The SMILES string of the molecule is C/C(=C\C(=O)c1ccccc1)NC1C(=O)N2[C@@H]1SC(C)(C)[C@@H]2C(=O)[O-].[K+]. The number of thioether (sulfide) groups is 1. The average molecular weight is 399 g/mol. The minimum atomic E-state index is -1.24. The second-order valence-electron chi connectivity index (χ2n) is 6.76. The first kappa shape index (κ1) is 21.7. The molecule has 0 radical (unpaired) electrons. The predicted octanol–water partition coefficient (Wildman–Crippen LogP) is -2.45. The molecule has 0 aliphatic carbocycles. The van der Waals surface area contributed by atoms with Gasteiger partial charge in [-0.2, -0.15) is 0 Å². The number of nitrogens with one attached hydrogen (secondary N) is 1. The fourth-order valence-corrected chi connectivity index (χ4v) is 4.92. The summed E-state index contributed by atoms with van der Waals surface area (Å²) in [7, 11) is 0. The summed E-state index contributed by atoms with van der Waals surface area (Å²) in [5.41, 5.74) is 1.14. The summed E-state index contributed by atoms with van der Waals surface area (Å²) in [4.78, 5) is 37.3. The van der Waals surface area contributed by atoms with Crippen molar-refractivity contribution >= 4 is 29.4 Å². The number of carbonyl (C=O) groups is 3. The Kier molecular flexibility index (Phi) is 6.79. The van der Waals surface area contributed by atoms with Gasteiger partial charge in [-0.05, 0) is 20.8 Å². The van der Waals surface area contributed by atoms with Crippen LogP contribution in [0, 0.1) is 0 Å². The number of β-lactam (4-membered cyclic amide) rings is 1. The second kappa shape index (κ2) is 8.16. The van der Waals surface area contributed by atoms with E-state index in [-0.39, 0.29) is 68.4 Å². The maximum absolute atomic E-state index is 12.4. The maximum atomic E-state index is 12.4. The van der Waals surface area contributed by atoms with Crippen LogP contribution >= 0.6 is 11.8 Å². The molecule has 1 aromatic carbocycles. The molecule has 0 aromatic heterocycles. The van der Waals surface area contributed by atoms with Gasteiger partial charge in [-0.25, -0.2) is 0 Å². The Morgan fingerprint density at radius 2 is 1.88 bits per heavy atom. The van der Waals surface area contributed by atoms with Crippen LogP contribution in [0.3, 0.4) is 0 Å². The Morgan fingerprint density at radius 3 is 2.46 bits per heavy atom. The topological polar surface area (TPSA) is 89.5 Å². The van der Waals surface area contributed by atoms with E-state index in [0.29, 0.717) is 11.3 Å². The summed E-state index contributed by atoms with van der Waals surface area (Å²) in [5.74, 6) is -1.67. The van der Waals surface area contributed by atoms with Crippen LogP contribution in [0.25, 0.3) is 0 Å². The number of aliphatic carboxylic acids is 1. The molecule has 1 N–H and O–H groups in total. The van der Waals surface area contributed by atoms with Gasteiger partial charge >= 0.3 is 51.4 Å². The molecule has 1 aromatic rings. The predicted molar refractivity (Wildman–Crippen MR) is 92.6 cm³/mol. The van der Waals surface area contributed by atoms with Crippen LogP contribution in [0.15, 0.2) is 42.1 Å². The van der Waals surface area contributed by atoms with Crippen molar-refractivity contribution in [1.29, 1.82) is 0 Å². The van der Waals surface area contributed by atoms with Gasteiger partial charge in [0, 0.05) is 22.1 Å². The summed E-state index contributed by atoms with van der Waals surface area (Å²) in [6.45, 7) is 5.31. The molecule has 1 unspecified atom stereocenters. The number of carbonyl (C=O) groups excluding carboxylic acids is 3. The average Bonchev–Trinajstić information content (AvgIpc) is 2.81. The number of ketones is 1. The minimum absolute atomic E-state index is 0. The van der Waals surface area contributed by atoms with Crippen molar-refractivity contribution in [3.63, 3.8) is 0 Å². The molecule has 0 saturated carbocycles. The zero-order valence-corrected chi connectivity index (χ0v) is 19.1. The largest absolute Gasteiger partial charge is 1.00 e. The third-order valence-corrected chi connectivity index (χ3v) is 6.02. The van der Waals surface area contributed by atoms with Crippen LogP contribution in [0.1, 0.15) is 31.1 Å². The Morgan fingerprint density at radius 1 is 1.27 bits per heavy atom. The van der Waals surface area contributed by atoms with Crippen molar-refractivity contribution in [2.24, 2.45) is 0 Å². The van der Waals surface area contributed by atoms with Gasteiger partial charge in [0.05, 0.1) is 12.0 Å². The third-order valence-electron chi connectivity index (χ3n) is 4.45. The van der Waals surface area contributed by atoms with Gasteiger partial charge in [-0.1, -0.05) is 30.3 Å². The quantitative estimate of drug-likeness (QED) is 0.256. The Labute approximate surface area is 199 Å². The van der Waals surface area contributed by atoms with Crippen molar-refractivity contribution < 1.29 is 70.9 Å². The van der Waals surface area contributed by atoms with E-state index in [9.17, 15) is 19.5 Å². The summed E-state index contributed by atoms with van der Waals surface area (Å²) < 4.78 is -0.618. The van der Waals surface area contributed by atoms with E-state index in [1.165, 1.54) is 22.7 Å². The van der Waals surface area contributed by atoms with Crippen LogP contribution in [-0.4, -0.2) is 44.8 Å². The van der Waals surface area contributed by atoms with Gasteiger partial charge in [0.25, 0.3) is 0 Å². The van der Waals surface area contributed by atoms with Crippen molar-refractivity contribution in [1.82, 2.24) is 10.2 Å². The first-order valence-electron chi connectivity index (χ1n) is 7.97. The number of allylic oxidation sites excluding steroid dienone is 2. The number of carboxylic acids is 1. The number of rotatable bonds is 5. The monoisotopic (exact) mass is 398 g/mol. The number of benzene rings is 1. The van der Waals surface area contributed by atoms with Gasteiger partial charge in [0.1, 0.15) is 11.4 Å². The van der Waals surface area contributed by atoms with E-state index in [1.807, 2.05) is 6.07 Å². The zero-order chi connectivity index (χ0) is 18.4. The number of nitrogens with zero attached hydrogens (tertiary/aromatic N) is 1. The fourth-order valence-electron chi connectivity index (χ4n) is 3.30. The van der Waals surface area contributed by atoms with E-state index in [2.05, 4.69) is 5.32 Å². The standard InChI is InChI=1S/C18H20N2O4S.K/c1-10(9-12(21)11-7-5-4-6-8-11)19-13-15(22)20-14(17(23)24)18(2,3)25-16(13)20;/h4-9,13-14,16,19H,1-3H3,(H,23,24);/q;+1/p-1/b10-9+;/t13?,14-,16+;/m0./s1. The van der Waals surface area contributed by atoms with E-state index in [4.69, 9.17) is 0 Å². The molecule has 0 bridgehead atoms. The molecule has 2 fully saturated rings. The van der Waals surface area contributed by atoms with Crippen LogP contribution in [0.2, 0.25) is 0 Å². The van der Waals surface area contributed by atoms with Crippen LogP contribution < -0.4 is 61.8 Å². The molecular weight excluding hydrogens is 379 g/mol. The summed E-state index contributed by atoms with van der Waals surface area (Å²) in [5, 5.41) is 14.2. The van der Waals surface area contributed by atoms with Crippen LogP contribution in [0.5, 0.6) is 0 Å². The summed E-state index contributed by atoms with van der Waals surface area (Å²) in [6.07, 6.45) is 1.45. The van der Waals surface area contributed by atoms with Crippen molar-refractivity contribution in [3.8, 4) is 0 Å². The molecule has 8 heteroatoms. The number of fused-ring (bicyclic) bond motifs is 1. The van der Waals surface area contributed by atoms with E-state index in [1.54, 1.807) is 45.0 Å².